The molecule has 0 saturated heterocycles. The first-order valence-corrected chi connectivity index (χ1v) is 6.32. The zero-order valence-corrected chi connectivity index (χ0v) is 10.9. The highest BCUT2D eigenvalue weighted by molar-refractivity contribution is 5.80. The molecule has 1 heterocycles. The molecule has 4 heteroatoms. The average molecular weight is 272 g/mol. The molecule has 0 amide bonds. The first kappa shape index (κ1) is 12.7. The lowest BCUT2D eigenvalue weighted by Gasteiger charge is -2.14. The van der Waals surface area contributed by atoms with Crippen LogP contribution in [0.2, 0.25) is 0 Å². The average Bonchev–Trinajstić information content (AvgIpc) is 2.63. The normalized spacial score (nSPS) is 16.4. The van der Waals surface area contributed by atoms with E-state index < -0.39 is 17.7 Å². The van der Waals surface area contributed by atoms with Gasteiger partial charge in [-0.15, -0.1) is 0 Å². The van der Waals surface area contributed by atoms with E-state index in [2.05, 4.69) is 0 Å². The van der Waals surface area contributed by atoms with Gasteiger partial charge in [-0.2, -0.15) is 0 Å². The van der Waals surface area contributed by atoms with Crippen LogP contribution < -0.4 is 4.74 Å². The van der Waals surface area contributed by atoms with Crippen LogP contribution in [0.5, 0.6) is 11.5 Å². The van der Waals surface area contributed by atoms with E-state index in [1.54, 1.807) is 6.07 Å². The molecule has 0 radical (unpaired) electrons. The van der Waals surface area contributed by atoms with Crippen molar-refractivity contribution in [3.63, 3.8) is 0 Å². The van der Waals surface area contributed by atoms with Gasteiger partial charge in [-0.25, -0.2) is 4.39 Å². The highest BCUT2D eigenvalue weighted by Crippen LogP contribution is 2.40. The largest absolute Gasteiger partial charge is 0.469 e. The maximum absolute atomic E-state index is 13.5. The quantitative estimate of drug-likeness (QED) is 0.746. The van der Waals surface area contributed by atoms with Gasteiger partial charge in [-0.1, -0.05) is 18.2 Å². The second-order valence-electron chi connectivity index (χ2n) is 4.67. The number of benzene rings is 2. The molecule has 3 nitrogen and oxygen atoms in total. The Morgan fingerprint density at radius 3 is 2.85 bits per heavy atom. The molecule has 2 aromatic rings. The van der Waals surface area contributed by atoms with Gasteiger partial charge in [0.15, 0.2) is 0 Å². The number of carbonyl (C=O) groups is 1. The Labute approximate surface area is 115 Å². The van der Waals surface area contributed by atoms with Gasteiger partial charge in [0.2, 0.25) is 0 Å². The zero-order valence-electron chi connectivity index (χ0n) is 10.9. The molecule has 0 saturated carbocycles. The Balaban J connectivity index is 2.16. The predicted molar refractivity (Wildman–Crippen MR) is 71.4 cm³/mol. The van der Waals surface area contributed by atoms with E-state index >= 15 is 0 Å². The van der Waals surface area contributed by atoms with E-state index in [9.17, 15) is 9.18 Å². The van der Waals surface area contributed by atoms with E-state index in [-0.39, 0.29) is 0 Å². The molecule has 1 aliphatic rings. The number of methoxy groups -OCH3 is 1. The van der Waals surface area contributed by atoms with Crippen molar-refractivity contribution < 1.29 is 18.7 Å². The number of para-hydroxylation sites is 1. The summed E-state index contributed by atoms with van der Waals surface area (Å²) in [7, 11) is 1.33. The van der Waals surface area contributed by atoms with Crippen LogP contribution in [0, 0.1) is 5.82 Å². The van der Waals surface area contributed by atoms with Crippen LogP contribution in [0.15, 0.2) is 42.5 Å². The van der Waals surface area contributed by atoms with Crippen molar-refractivity contribution in [2.45, 2.75) is 12.3 Å². The van der Waals surface area contributed by atoms with Crippen LogP contribution in [0.3, 0.4) is 0 Å². The van der Waals surface area contributed by atoms with Crippen molar-refractivity contribution in [3.05, 3.63) is 59.4 Å². The predicted octanol–water partition coefficient (Wildman–Crippen LogP) is 3.43. The molecule has 0 spiro atoms. The second kappa shape index (κ2) is 4.96. The molecule has 2 aromatic carbocycles. The molecule has 1 aliphatic heterocycles. The minimum absolute atomic E-state index is 0.392. The van der Waals surface area contributed by atoms with Crippen LogP contribution >= 0.6 is 0 Å². The Morgan fingerprint density at radius 2 is 2.05 bits per heavy atom. The van der Waals surface area contributed by atoms with Gasteiger partial charge < -0.3 is 9.47 Å². The zero-order chi connectivity index (χ0) is 14.1. The number of halogens is 1. The maximum atomic E-state index is 13.5. The van der Waals surface area contributed by atoms with Crippen LogP contribution in [0.1, 0.15) is 17.0 Å². The van der Waals surface area contributed by atoms with Gasteiger partial charge in [-0.05, 0) is 36.2 Å². The molecule has 0 bridgehead atoms. The second-order valence-corrected chi connectivity index (χ2v) is 4.67. The van der Waals surface area contributed by atoms with Crippen LogP contribution in [0.25, 0.3) is 0 Å². The van der Waals surface area contributed by atoms with Crippen LogP contribution in [-0.2, 0) is 16.0 Å². The summed E-state index contributed by atoms with van der Waals surface area (Å²) >= 11 is 0. The molecule has 1 unspecified atom stereocenters. The molecule has 0 N–H and O–H groups in total. The number of carbonyl (C=O) groups excluding carboxylic acids is 1. The highest BCUT2D eigenvalue weighted by atomic mass is 19.1. The van der Waals surface area contributed by atoms with Crippen LogP contribution in [-0.4, -0.2) is 13.1 Å². The minimum atomic E-state index is -0.561. The monoisotopic (exact) mass is 272 g/mol. The number of hydrogen-bond donors (Lipinski definition) is 0. The van der Waals surface area contributed by atoms with Crippen molar-refractivity contribution in [1.82, 2.24) is 0 Å². The summed E-state index contributed by atoms with van der Waals surface area (Å²) < 4.78 is 24.1. The van der Waals surface area contributed by atoms with Gasteiger partial charge in [0.25, 0.3) is 0 Å². The van der Waals surface area contributed by atoms with E-state index in [1.807, 2.05) is 24.3 Å². The third-order valence-corrected chi connectivity index (χ3v) is 3.45. The maximum Gasteiger partial charge on any atom is 0.313 e. The number of hydrogen-bond acceptors (Lipinski definition) is 3. The van der Waals surface area contributed by atoms with Crippen molar-refractivity contribution in [1.29, 1.82) is 0 Å². The van der Waals surface area contributed by atoms with Gasteiger partial charge in [0, 0.05) is 5.56 Å². The van der Waals surface area contributed by atoms with Crippen molar-refractivity contribution in [2.75, 3.05) is 7.11 Å². The first-order valence-electron chi connectivity index (χ1n) is 6.32. The molecule has 0 aromatic heterocycles. The Kier molecular flexibility index (Phi) is 3.14. The molecule has 0 fully saturated rings. The summed E-state index contributed by atoms with van der Waals surface area (Å²) in [4.78, 5) is 12.0. The Hall–Kier alpha value is -2.36. The van der Waals surface area contributed by atoms with Crippen molar-refractivity contribution in [2.24, 2.45) is 0 Å². The fourth-order valence-corrected chi connectivity index (χ4v) is 2.46. The number of fused-ring (bicyclic) bond motifs is 2. The summed E-state index contributed by atoms with van der Waals surface area (Å²) in [6.45, 7) is 0. The Morgan fingerprint density at radius 1 is 1.25 bits per heavy atom. The summed E-state index contributed by atoms with van der Waals surface area (Å²) in [6.07, 6.45) is 0.430. The number of rotatable bonds is 1. The van der Waals surface area contributed by atoms with Gasteiger partial charge in [0.1, 0.15) is 17.3 Å². The number of ether oxygens (including phenoxy) is 2. The SMILES string of the molecule is COC(=O)C1Cc2ccccc2Oc2ccc(F)cc21. The molecule has 3 rings (SSSR count). The molecule has 1 atom stereocenters. The van der Waals surface area contributed by atoms with Gasteiger partial charge >= 0.3 is 5.97 Å². The number of esters is 1. The van der Waals surface area contributed by atoms with E-state index in [0.717, 1.165) is 5.56 Å². The fourth-order valence-electron chi connectivity index (χ4n) is 2.46. The van der Waals surface area contributed by atoms with E-state index in [0.29, 0.717) is 23.5 Å². The van der Waals surface area contributed by atoms with E-state index in [4.69, 9.17) is 9.47 Å². The lowest BCUT2D eigenvalue weighted by atomic mass is 9.92. The summed E-state index contributed by atoms with van der Waals surface area (Å²) in [5.74, 6) is -0.169. The topological polar surface area (TPSA) is 35.5 Å². The molecule has 102 valence electrons. The first-order chi connectivity index (χ1) is 9.69. The third-order valence-electron chi connectivity index (χ3n) is 3.45. The van der Waals surface area contributed by atoms with E-state index in [1.165, 1.54) is 19.2 Å². The molecular weight excluding hydrogens is 259 g/mol. The third kappa shape index (κ3) is 2.13. The lowest BCUT2D eigenvalue weighted by Crippen LogP contribution is -2.16. The molecular formula is C16H13FO3. The highest BCUT2D eigenvalue weighted by Gasteiger charge is 2.29. The van der Waals surface area contributed by atoms with Gasteiger partial charge in [-0.3, -0.25) is 4.79 Å². The van der Waals surface area contributed by atoms with Crippen molar-refractivity contribution in [3.8, 4) is 11.5 Å². The van der Waals surface area contributed by atoms with Gasteiger partial charge in [0.05, 0.1) is 13.0 Å². The molecule has 0 aliphatic carbocycles. The van der Waals surface area contributed by atoms with Crippen LogP contribution in [0.4, 0.5) is 4.39 Å². The standard InChI is InChI=1S/C16H13FO3/c1-19-16(18)13-8-10-4-2-3-5-14(10)20-15-7-6-11(17)9-12(13)15/h2-7,9,13H,8H2,1H3. The summed E-state index contributed by atoms with van der Waals surface area (Å²) in [5.41, 5.74) is 1.42. The van der Waals surface area contributed by atoms with Crippen molar-refractivity contribution >= 4 is 5.97 Å². The fraction of sp³-hybridized carbons (Fsp3) is 0.188. The molecule has 20 heavy (non-hydrogen) atoms. The lowest BCUT2D eigenvalue weighted by molar-refractivity contribution is -0.142. The smallest absolute Gasteiger partial charge is 0.313 e. The summed E-state index contributed by atoms with van der Waals surface area (Å²) in [5, 5.41) is 0. The Bertz CT molecular complexity index is 667. The summed E-state index contributed by atoms with van der Waals surface area (Å²) in [6, 6.07) is 11.7. The minimum Gasteiger partial charge on any atom is -0.469 e.